The summed E-state index contributed by atoms with van der Waals surface area (Å²) in [6, 6.07) is 15.3. The van der Waals surface area contributed by atoms with Crippen molar-refractivity contribution < 1.29 is 13.2 Å². The van der Waals surface area contributed by atoms with Crippen molar-refractivity contribution in [3.8, 4) is 22.7 Å². The summed E-state index contributed by atoms with van der Waals surface area (Å²) in [4.78, 5) is 22.0. The first kappa shape index (κ1) is 25.4. The van der Waals surface area contributed by atoms with Crippen LogP contribution in [0.15, 0.2) is 94.8 Å². The summed E-state index contributed by atoms with van der Waals surface area (Å²) in [6.45, 7) is 1.83. The summed E-state index contributed by atoms with van der Waals surface area (Å²) in [6.07, 6.45) is 10.1. The molecule has 9 nitrogen and oxygen atoms in total. The number of ether oxygens (including phenoxy) is 1. The van der Waals surface area contributed by atoms with Gasteiger partial charge in [0.2, 0.25) is 21.9 Å². The molecule has 0 saturated heterocycles. The molecule has 2 aromatic carbocycles. The molecule has 5 rings (SSSR count). The van der Waals surface area contributed by atoms with Crippen molar-refractivity contribution in [1.29, 1.82) is 0 Å². The Labute approximate surface area is 220 Å². The second-order valence-electron chi connectivity index (χ2n) is 9.03. The number of hydrogen-bond acceptors (Lipinski definition) is 7. The van der Waals surface area contributed by atoms with Crippen LogP contribution in [0, 0.1) is 5.92 Å². The van der Waals surface area contributed by atoms with Crippen LogP contribution in [0.5, 0.6) is 5.88 Å². The smallest absolute Gasteiger partial charge is 0.267 e. The molecule has 2 aromatic heterocycles. The minimum atomic E-state index is -3.97. The Morgan fingerprint density at radius 3 is 2.61 bits per heavy atom. The molecule has 2 unspecified atom stereocenters. The summed E-state index contributed by atoms with van der Waals surface area (Å²) in [5, 5.41) is 0.338. The number of allylic oxidation sites excluding steroid dienone is 3. The molecule has 0 spiro atoms. The van der Waals surface area contributed by atoms with E-state index in [0.717, 1.165) is 6.42 Å². The van der Waals surface area contributed by atoms with Gasteiger partial charge in [0.25, 0.3) is 5.56 Å². The standard InChI is InChI=1S/C28H27N5O4S/c1-18(19-9-5-3-6-10-19)32-38(35,36)25-16-21(17-30-26(25)37-2)20-13-14-24-23(15-20)27(34)33(28(29)31-24)22-11-7-4-8-12-22/h3-9,11-19,32H,10H2,1-2H3,(H2,29,31). The van der Waals surface area contributed by atoms with E-state index in [4.69, 9.17) is 10.5 Å². The lowest BCUT2D eigenvalue weighted by Gasteiger charge is -2.23. The quantitative estimate of drug-likeness (QED) is 0.372. The lowest BCUT2D eigenvalue weighted by molar-refractivity contribution is 0.384. The van der Waals surface area contributed by atoms with Crippen LogP contribution >= 0.6 is 0 Å². The average Bonchev–Trinajstić information content (AvgIpc) is 2.93. The molecular formula is C28H27N5O4S. The highest BCUT2D eigenvalue weighted by atomic mass is 32.2. The first-order valence-corrected chi connectivity index (χ1v) is 13.5. The maximum Gasteiger partial charge on any atom is 0.267 e. The van der Waals surface area contributed by atoms with Crippen molar-refractivity contribution in [3.63, 3.8) is 0 Å². The maximum atomic E-state index is 13.4. The van der Waals surface area contributed by atoms with Gasteiger partial charge in [-0.3, -0.25) is 4.79 Å². The predicted molar refractivity (Wildman–Crippen MR) is 148 cm³/mol. The van der Waals surface area contributed by atoms with Crippen LogP contribution in [0.3, 0.4) is 0 Å². The summed E-state index contributed by atoms with van der Waals surface area (Å²) in [7, 11) is -2.60. The van der Waals surface area contributed by atoms with Gasteiger partial charge < -0.3 is 10.5 Å². The number of nitrogens with zero attached hydrogens (tertiary/aromatic N) is 3. The van der Waals surface area contributed by atoms with Gasteiger partial charge in [0, 0.05) is 17.8 Å². The Bertz CT molecular complexity index is 1730. The zero-order valence-corrected chi connectivity index (χ0v) is 21.7. The number of nitrogens with two attached hydrogens (primary N) is 1. The lowest BCUT2D eigenvalue weighted by atomic mass is 9.95. The van der Waals surface area contributed by atoms with Gasteiger partial charge >= 0.3 is 0 Å². The van der Waals surface area contributed by atoms with Gasteiger partial charge in [-0.25, -0.2) is 27.7 Å². The molecule has 1 aliphatic rings. The zero-order valence-electron chi connectivity index (χ0n) is 20.9. The van der Waals surface area contributed by atoms with E-state index in [1.54, 1.807) is 30.3 Å². The van der Waals surface area contributed by atoms with E-state index in [1.807, 2.05) is 49.4 Å². The topological polar surface area (TPSA) is 129 Å². The number of rotatable bonds is 7. The molecule has 0 fully saturated rings. The molecule has 0 radical (unpaired) electrons. The van der Waals surface area contributed by atoms with E-state index in [-0.39, 0.29) is 34.2 Å². The number of anilines is 1. The SMILES string of the molecule is COc1ncc(-c2ccc3nc(N)n(-c4ccccc4)c(=O)c3c2)cc1S(=O)(=O)NC(C)C1C=CC=CC1. The number of fused-ring (bicyclic) bond motifs is 1. The molecule has 0 amide bonds. The minimum Gasteiger partial charge on any atom is -0.480 e. The minimum absolute atomic E-state index is 0.0193. The van der Waals surface area contributed by atoms with Crippen LogP contribution in [0.4, 0.5) is 5.95 Å². The number of nitrogens with one attached hydrogen (secondary N) is 1. The number of methoxy groups -OCH3 is 1. The second-order valence-corrected chi connectivity index (χ2v) is 10.7. The third kappa shape index (κ3) is 4.83. The molecule has 2 heterocycles. The first-order valence-electron chi connectivity index (χ1n) is 12.1. The monoisotopic (exact) mass is 529 g/mol. The highest BCUT2D eigenvalue weighted by molar-refractivity contribution is 7.89. The second kappa shape index (κ2) is 10.2. The van der Waals surface area contributed by atoms with Crippen molar-refractivity contribution in [1.82, 2.24) is 19.3 Å². The van der Waals surface area contributed by atoms with Crippen molar-refractivity contribution in [2.75, 3.05) is 12.8 Å². The Balaban J connectivity index is 1.56. The van der Waals surface area contributed by atoms with Crippen molar-refractivity contribution in [2.45, 2.75) is 24.3 Å². The van der Waals surface area contributed by atoms with Gasteiger partial charge in [0.15, 0.2) is 0 Å². The highest BCUT2D eigenvalue weighted by Gasteiger charge is 2.26. The summed E-state index contributed by atoms with van der Waals surface area (Å²) in [5.74, 6) is 0.0859. The molecule has 10 heteroatoms. The number of aromatic nitrogens is 3. The van der Waals surface area contributed by atoms with E-state index in [1.165, 1.54) is 23.9 Å². The van der Waals surface area contributed by atoms with Crippen LogP contribution in [-0.4, -0.2) is 36.1 Å². The van der Waals surface area contributed by atoms with E-state index >= 15 is 0 Å². The van der Waals surface area contributed by atoms with Crippen molar-refractivity contribution in [3.05, 3.63) is 95.5 Å². The number of benzene rings is 2. The first-order chi connectivity index (χ1) is 18.3. The molecule has 0 bridgehead atoms. The Hall–Kier alpha value is -4.28. The van der Waals surface area contributed by atoms with Crippen LogP contribution in [0.2, 0.25) is 0 Å². The summed E-state index contributed by atoms with van der Waals surface area (Å²) < 4.78 is 36.2. The average molecular weight is 530 g/mol. The van der Waals surface area contributed by atoms with Crippen molar-refractivity contribution >= 4 is 26.9 Å². The normalized spacial score (nSPS) is 16.0. The molecule has 0 aliphatic heterocycles. The fourth-order valence-electron chi connectivity index (χ4n) is 4.51. The van der Waals surface area contributed by atoms with Gasteiger partial charge in [-0.15, -0.1) is 0 Å². The van der Waals surface area contributed by atoms with Crippen LogP contribution in [-0.2, 0) is 10.0 Å². The van der Waals surface area contributed by atoms with E-state index in [9.17, 15) is 13.2 Å². The van der Waals surface area contributed by atoms with Gasteiger partial charge in [-0.2, -0.15) is 0 Å². The van der Waals surface area contributed by atoms with Gasteiger partial charge in [0.1, 0.15) is 4.90 Å². The molecule has 3 N–H and O–H groups in total. The van der Waals surface area contributed by atoms with Crippen LogP contribution < -0.4 is 20.8 Å². The Kier molecular flexibility index (Phi) is 6.83. The number of para-hydroxylation sites is 1. The molecule has 1 aliphatic carbocycles. The molecule has 194 valence electrons. The highest BCUT2D eigenvalue weighted by Crippen LogP contribution is 2.30. The zero-order chi connectivity index (χ0) is 26.9. The van der Waals surface area contributed by atoms with Gasteiger partial charge in [-0.05, 0) is 55.2 Å². The van der Waals surface area contributed by atoms with Gasteiger partial charge in [-0.1, -0.05) is 48.6 Å². The fraction of sp³-hybridized carbons (Fsp3) is 0.179. The van der Waals surface area contributed by atoms with Crippen molar-refractivity contribution in [2.24, 2.45) is 5.92 Å². The molecule has 4 aromatic rings. The Morgan fingerprint density at radius 2 is 1.89 bits per heavy atom. The van der Waals surface area contributed by atoms with E-state index < -0.39 is 10.0 Å². The maximum absolute atomic E-state index is 13.4. The predicted octanol–water partition coefficient (Wildman–Crippen LogP) is 3.84. The number of sulfonamides is 1. The van der Waals surface area contributed by atoms with Crippen LogP contribution in [0.1, 0.15) is 13.3 Å². The number of pyridine rings is 1. The number of hydrogen-bond donors (Lipinski definition) is 2. The summed E-state index contributed by atoms with van der Waals surface area (Å²) in [5.41, 5.74) is 7.90. The third-order valence-electron chi connectivity index (χ3n) is 6.54. The Morgan fingerprint density at radius 1 is 1.11 bits per heavy atom. The van der Waals surface area contributed by atoms with Crippen LogP contribution in [0.25, 0.3) is 27.7 Å². The molecule has 0 saturated carbocycles. The molecule has 2 atom stereocenters. The fourth-order valence-corrected chi connectivity index (χ4v) is 5.95. The lowest BCUT2D eigenvalue weighted by Crippen LogP contribution is -2.37. The van der Waals surface area contributed by atoms with E-state index in [0.29, 0.717) is 27.7 Å². The van der Waals surface area contributed by atoms with Gasteiger partial charge in [0.05, 0.1) is 23.7 Å². The largest absolute Gasteiger partial charge is 0.480 e. The molecule has 38 heavy (non-hydrogen) atoms. The third-order valence-corrected chi connectivity index (χ3v) is 8.09. The molecular weight excluding hydrogens is 502 g/mol. The summed E-state index contributed by atoms with van der Waals surface area (Å²) >= 11 is 0. The van der Waals surface area contributed by atoms with E-state index in [2.05, 4.69) is 14.7 Å². The number of nitrogen functional groups attached to an aromatic ring is 1.